The molecule has 1 N–H and O–H groups in total. The molecule has 6 nitrogen and oxygen atoms in total. The monoisotopic (exact) mass is 402 g/mol. The maximum atomic E-state index is 13.4. The minimum Gasteiger partial charge on any atom is -0.435 e. The highest BCUT2D eigenvalue weighted by molar-refractivity contribution is 5.99. The first-order valence-electron chi connectivity index (χ1n) is 10.8. The van der Waals surface area contributed by atoms with Crippen molar-refractivity contribution in [1.82, 2.24) is 0 Å². The summed E-state index contributed by atoms with van der Waals surface area (Å²) in [4.78, 5) is 38.8. The Balaban J connectivity index is 1.70. The smallest absolute Gasteiger partial charge is 0.314 e. The molecule has 0 aromatic carbocycles. The first-order chi connectivity index (χ1) is 13.4. The Kier molecular flexibility index (Phi) is 3.74. The maximum absolute atomic E-state index is 13.4. The van der Waals surface area contributed by atoms with E-state index in [1.54, 1.807) is 6.92 Å². The Labute approximate surface area is 171 Å². The number of hydrogen-bond acceptors (Lipinski definition) is 6. The first kappa shape index (κ1) is 19.4. The van der Waals surface area contributed by atoms with Crippen LogP contribution in [0.25, 0.3) is 0 Å². The van der Waals surface area contributed by atoms with E-state index >= 15 is 0 Å². The molecule has 4 fully saturated rings. The van der Waals surface area contributed by atoms with Crippen LogP contribution >= 0.6 is 0 Å². The zero-order chi connectivity index (χ0) is 21.1. The fourth-order valence-electron chi connectivity index (χ4n) is 7.59. The Morgan fingerprint density at radius 1 is 1.14 bits per heavy atom. The van der Waals surface area contributed by atoms with Gasteiger partial charge in [-0.25, -0.2) is 0 Å². The van der Waals surface area contributed by atoms with Crippen LogP contribution in [-0.2, 0) is 23.9 Å². The number of aliphatic hydroxyl groups is 1. The molecule has 2 heterocycles. The van der Waals surface area contributed by atoms with Gasteiger partial charge in [0.15, 0.2) is 11.6 Å². The number of rotatable bonds is 0. The number of Topliss-reactive ketones (excluding diaryl/α,β-unsaturated/α-hetero) is 2. The van der Waals surface area contributed by atoms with Gasteiger partial charge >= 0.3 is 5.97 Å². The number of ether oxygens (including phenoxy) is 2. The third-order valence-corrected chi connectivity index (χ3v) is 9.31. The third-order valence-electron chi connectivity index (χ3n) is 9.31. The highest BCUT2D eigenvalue weighted by atomic mass is 16.7. The van der Waals surface area contributed by atoms with E-state index in [0.29, 0.717) is 25.7 Å². The largest absolute Gasteiger partial charge is 0.435 e. The quantitative estimate of drug-likeness (QED) is 0.627. The lowest BCUT2D eigenvalue weighted by atomic mass is 9.44. The average molecular weight is 402 g/mol. The highest BCUT2D eigenvalue weighted by Crippen LogP contribution is 2.68. The van der Waals surface area contributed by atoms with Crippen LogP contribution in [0.4, 0.5) is 0 Å². The normalized spacial score (nSPS) is 53.9. The van der Waals surface area contributed by atoms with E-state index < -0.39 is 34.7 Å². The van der Waals surface area contributed by atoms with E-state index in [-0.39, 0.29) is 35.3 Å². The molecule has 6 heteroatoms. The van der Waals surface area contributed by atoms with Crippen LogP contribution in [0.2, 0.25) is 0 Å². The molecule has 29 heavy (non-hydrogen) atoms. The topological polar surface area (TPSA) is 89.9 Å². The van der Waals surface area contributed by atoms with E-state index in [4.69, 9.17) is 9.47 Å². The van der Waals surface area contributed by atoms with Crippen LogP contribution in [0.1, 0.15) is 60.3 Å². The Bertz CT molecular complexity index is 871. The van der Waals surface area contributed by atoms with Gasteiger partial charge in [0.2, 0.25) is 6.29 Å². The molecule has 3 aliphatic carbocycles. The van der Waals surface area contributed by atoms with E-state index in [1.165, 1.54) is 0 Å². The van der Waals surface area contributed by atoms with Gasteiger partial charge in [0.05, 0.1) is 11.0 Å². The van der Waals surface area contributed by atoms with Crippen molar-refractivity contribution in [2.45, 2.75) is 78.3 Å². The van der Waals surface area contributed by atoms with Crippen LogP contribution < -0.4 is 0 Å². The number of hydrogen-bond donors (Lipinski definition) is 1. The SMILES string of the molecule is CC1=C2CC[C@]3(C)[C@@H]4C(=O)[C@@H](C)O[C@@H]5OC(=O)[C@](C)(C[C@H]3[C@](C)(O)[C@H]2CC1=O)[C@@H]54. The summed E-state index contributed by atoms with van der Waals surface area (Å²) in [6.45, 7) is 9.36. The average Bonchev–Trinajstić information content (AvgIpc) is 3.04. The van der Waals surface area contributed by atoms with Crippen molar-refractivity contribution in [2.24, 2.45) is 34.5 Å². The molecule has 2 saturated carbocycles. The van der Waals surface area contributed by atoms with E-state index in [2.05, 4.69) is 6.92 Å². The van der Waals surface area contributed by atoms with Crippen LogP contribution in [0.5, 0.6) is 0 Å². The fourth-order valence-corrected chi connectivity index (χ4v) is 7.59. The van der Waals surface area contributed by atoms with Gasteiger partial charge in [0, 0.05) is 24.2 Å². The number of allylic oxidation sites excluding steroid dienone is 1. The Morgan fingerprint density at radius 2 is 1.83 bits per heavy atom. The molecular weight excluding hydrogens is 372 g/mol. The third kappa shape index (κ3) is 2.17. The summed E-state index contributed by atoms with van der Waals surface area (Å²) < 4.78 is 11.4. The summed E-state index contributed by atoms with van der Waals surface area (Å²) in [5.41, 5.74) is -0.728. The molecule has 2 aliphatic heterocycles. The van der Waals surface area contributed by atoms with Gasteiger partial charge in [0.25, 0.3) is 0 Å². The van der Waals surface area contributed by atoms with Crippen molar-refractivity contribution >= 4 is 17.5 Å². The van der Waals surface area contributed by atoms with Gasteiger partial charge in [-0.15, -0.1) is 0 Å². The number of carbonyl (C=O) groups excluding carboxylic acids is 3. The van der Waals surface area contributed by atoms with Gasteiger partial charge in [-0.1, -0.05) is 12.5 Å². The van der Waals surface area contributed by atoms with Crippen molar-refractivity contribution in [2.75, 3.05) is 0 Å². The molecule has 5 rings (SSSR count). The molecule has 9 atom stereocenters. The van der Waals surface area contributed by atoms with Crippen LogP contribution in [0, 0.1) is 34.5 Å². The lowest BCUT2D eigenvalue weighted by Crippen LogP contribution is -2.65. The van der Waals surface area contributed by atoms with E-state index in [0.717, 1.165) is 11.1 Å². The van der Waals surface area contributed by atoms with Gasteiger partial charge in [-0.2, -0.15) is 0 Å². The van der Waals surface area contributed by atoms with Gasteiger partial charge < -0.3 is 14.6 Å². The number of ketones is 2. The Morgan fingerprint density at radius 3 is 2.52 bits per heavy atom. The number of esters is 1. The van der Waals surface area contributed by atoms with E-state index in [9.17, 15) is 19.5 Å². The van der Waals surface area contributed by atoms with Crippen molar-refractivity contribution in [3.05, 3.63) is 11.1 Å². The second kappa shape index (κ2) is 5.58. The fraction of sp³-hybridized carbons (Fsp3) is 0.783. The summed E-state index contributed by atoms with van der Waals surface area (Å²) in [6.07, 6.45) is 0.829. The van der Waals surface area contributed by atoms with Crippen molar-refractivity contribution in [3.63, 3.8) is 0 Å². The standard InChI is InChI=1S/C23H30O6/c1-10-12-6-7-21(3)15(23(5,27)13(12)8-14(10)24)9-22(4)17-16(21)18(25)11(2)28-19(17)29-20(22)26/h11,13,15-17,19,27H,6-9H2,1-5H3/t11-,13+,15-,16+,17-,19-,21+,22-,23-/m1/s1. The van der Waals surface area contributed by atoms with E-state index in [1.807, 2.05) is 20.8 Å². The van der Waals surface area contributed by atoms with Crippen LogP contribution in [0.15, 0.2) is 11.1 Å². The van der Waals surface area contributed by atoms with Gasteiger partial charge in [-0.3, -0.25) is 14.4 Å². The molecule has 0 unspecified atom stereocenters. The van der Waals surface area contributed by atoms with Crippen molar-refractivity contribution in [1.29, 1.82) is 0 Å². The molecule has 0 radical (unpaired) electrons. The predicted molar refractivity (Wildman–Crippen MR) is 102 cm³/mol. The number of fused-ring (bicyclic) bond motifs is 3. The zero-order valence-electron chi connectivity index (χ0n) is 17.8. The lowest BCUT2D eigenvalue weighted by molar-refractivity contribution is -0.233. The van der Waals surface area contributed by atoms with Crippen molar-refractivity contribution < 1.29 is 29.0 Å². The summed E-state index contributed by atoms with van der Waals surface area (Å²) in [5, 5.41) is 11.9. The molecule has 0 spiro atoms. The van der Waals surface area contributed by atoms with Gasteiger partial charge in [0.1, 0.15) is 6.10 Å². The second-order valence-corrected chi connectivity index (χ2v) is 10.7. The molecule has 0 bridgehead atoms. The molecule has 158 valence electrons. The summed E-state index contributed by atoms with van der Waals surface area (Å²) in [7, 11) is 0. The predicted octanol–water partition coefficient (Wildman–Crippen LogP) is 2.57. The minimum atomic E-state index is -1.18. The highest BCUT2D eigenvalue weighted by Gasteiger charge is 2.73. The molecular formula is C23H30O6. The summed E-state index contributed by atoms with van der Waals surface area (Å²) >= 11 is 0. The Hall–Kier alpha value is -1.53. The first-order valence-corrected chi connectivity index (χ1v) is 10.8. The van der Waals surface area contributed by atoms with Crippen LogP contribution in [-0.4, -0.2) is 40.6 Å². The molecule has 2 saturated heterocycles. The zero-order valence-corrected chi connectivity index (χ0v) is 17.8. The summed E-state index contributed by atoms with van der Waals surface area (Å²) in [5.74, 6) is -1.50. The van der Waals surface area contributed by atoms with Gasteiger partial charge in [-0.05, 0) is 63.9 Å². The van der Waals surface area contributed by atoms with Crippen molar-refractivity contribution in [3.8, 4) is 0 Å². The molecule has 0 aromatic heterocycles. The molecule has 0 amide bonds. The summed E-state index contributed by atoms with van der Waals surface area (Å²) in [6, 6.07) is 0. The molecule has 0 aromatic rings. The maximum Gasteiger partial charge on any atom is 0.314 e. The minimum absolute atomic E-state index is 0.00705. The second-order valence-electron chi connectivity index (χ2n) is 10.7. The molecule has 5 aliphatic rings. The van der Waals surface area contributed by atoms with Crippen LogP contribution in [0.3, 0.4) is 0 Å². The number of carbonyl (C=O) groups is 3. The lowest BCUT2D eigenvalue weighted by Gasteiger charge is -2.59.